The topological polar surface area (TPSA) is 92.8 Å². The van der Waals surface area contributed by atoms with Crippen molar-refractivity contribution in [2.45, 2.75) is 0 Å². The molecule has 0 radical (unpaired) electrons. The number of carboxylic acid groups (broad SMARTS) is 1. The number of nitrogens with two attached hydrogens (primary N) is 1. The van der Waals surface area contributed by atoms with Crippen LogP contribution in [-0.2, 0) is 4.79 Å². The van der Waals surface area contributed by atoms with Gasteiger partial charge in [-0.15, -0.1) is 0 Å². The highest BCUT2D eigenvalue weighted by Crippen LogP contribution is 2.16. The zero-order valence-corrected chi connectivity index (χ0v) is 9.36. The molecule has 0 aromatic heterocycles. The first-order valence-corrected chi connectivity index (χ1v) is 4.77. The van der Waals surface area contributed by atoms with Crippen LogP contribution in [0.5, 0.6) is 0 Å². The molecule has 0 spiro atoms. The average Bonchev–Trinajstić information content (AvgIpc) is 2.22. The summed E-state index contributed by atoms with van der Waals surface area (Å²) in [5.74, 6) is 1.23. The first kappa shape index (κ1) is 12.3. The van der Waals surface area contributed by atoms with E-state index in [9.17, 15) is 14.0 Å². The normalized spacial score (nSPS) is 11.2. The molecule has 3 N–H and O–H groups in total. The van der Waals surface area contributed by atoms with Crippen LogP contribution in [0.2, 0.25) is 0 Å². The second-order valence-electron chi connectivity index (χ2n) is 2.74. The molecule has 0 aliphatic carbocycles. The number of ketones is 1. The molecule has 1 aromatic rings. The predicted molar refractivity (Wildman–Crippen MR) is 57.7 cm³/mol. The second kappa shape index (κ2) is 4.84. The van der Waals surface area contributed by atoms with Crippen molar-refractivity contribution in [1.82, 2.24) is 0 Å². The minimum absolute atomic E-state index is 0.402. The zero-order valence-electron chi connectivity index (χ0n) is 7.78. The molecule has 0 unspecified atom stereocenters. The molecule has 1 aromatic carbocycles. The number of hydrogen-bond acceptors (Lipinski definition) is 4. The van der Waals surface area contributed by atoms with Crippen LogP contribution in [0.25, 0.3) is 0 Å². The molecule has 1 rings (SSSR count). The van der Waals surface area contributed by atoms with E-state index < -0.39 is 28.8 Å². The molecular weight excluding hydrogens is 283 g/mol. The number of hydrazone groups is 1. The van der Waals surface area contributed by atoms with Crippen molar-refractivity contribution in [3.05, 3.63) is 34.1 Å². The summed E-state index contributed by atoms with van der Waals surface area (Å²) in [4.78, 5) is 22.1. The van der Waals surface area contributed by atoms with Gasteiger partial charge in [-0.05, 0) is 18.2 Å². The molecular formula is C9H6BrFN2O3. The minimum Gasteiger partial charge on any atom is -0.476 e. The summed E-state index contributed by atoms with van der Waals surface area (Å²) in [6.07, 6.45) is 0. The van der Waals surface area contributed by atoms with Gasteiger partial charge in [-0.1, -0.05) is 15.9 Å². The molecule has 0 fully saturated rings. The van der Waals surface area contributed by atoms with Crippen LogP contribution in [0.1, 0.15) is 10.4 Å². The third kappa shape index (κ3) is 2.43. The number of carboxylic acids is 1. The number of Topliss-reactive ketones (excluding diaryl/α,β-unsaturated/α-hetero) is 1. The lowest BCUT2D eigenvalue weighted by Gasteiger charge is -2.02. The van der Waals surface area contributed by atoms with E-state index in [0.29, 0.717) is 4.47 Å². The molecule has 0 heterocycles. The number of nitrogens with zero attached hydrogens (tertiary/aromatic N) is 1. The van der Waals surface area contributed by atoms with E-state index >= 15 is 0 Å². The van der Waals surface area contributed by atoms with Gasteiger partial charge < -0.3 is 10.9 Å². The van der Waals surface area contributed by atoms with Crippen LogP contribution in [-0.4, -0.2) is 22.6 Å². The maximum atomic E-state index is 13.2. The van der Waals surface area contributed by atoms with Gasteiger partial charge in [0.25, 0.3) is 0 Å². The van der Waals surface area contributed by atoms with Gasteiger partial charge in [-0.2, -0.15) is 5.10 Å². The fourth-order valence-corrected chi connectivity index (χ4v) is 1.37. The van der Waals surface area contributed by atoms with E-state index in [-0.39, 0.29) is 0 Å². The lowest BCUT2D eigenvalue weighted by molar-refractivity contribution is -0.129. The Bertz CT molecular complexity index is 488. The third-order valence-electron chi connectivity index (χ3n) is 1.72. The SMILES string of the molecule is N/N=C(\C(=O)O)C(=O)c1cc(Br)ccc1F. The lowest BCUT2D eigenvalue weighted by atomic mass is 10.1. The molecule has 7 heteroatoms. The fraction of sp³-hybridized carbons (Fsp3) is 0. The lowest BCUT2D eigenvalue weighted by Crippen LogP contribution is -2.26. The molecule has 0 aliphatic rings. The Morgan fingerprint density at radius 3 is 2.56 bits per heavy atom. The Labute approximate surface area is 97.9 Å². The number of carbonyl (C=O) groups excluding carboxylic acids is 1. The zero-order chi connectivity index (χ0) is 12.3. The van der Waals surface area contributed by atoms with Crippen LogP contribution >= 0.6 is 15.9 Å². The van der Waals surface area contributed by atoms with Crippen molar-refractivity contribution in [2.75, 3.05) is 0 Å². The number of rotatable bonds is 3. The summed E-state index contributed by atoms with van der Waals surface area (Å²) in [5, 5.41) is 11.4. The summed E-state index contributed by atoms with van der Waals surface area (Å²) < 4.78 is 13.7. The molecule has 0 saturated carbocycles. The molecule has 0 saturated heterocycles. The standard InChI is InChI=1S/C9H6BrFN2O3/c10-4-1-2-6(11)5(3-4)8(14)7(13-12)9(15)16/h1-3H,12H2,(H,15,16)/b13-7-. The molecule has 84 valence electrons. The summed E-state index contributed by atoms with van der Waals surface area (Å²) in [5.41, 5.74) is -1.32. The highest BCUT2D eigenvalue weighted by Gasteiger charge is 2.24. The van der Waals surface area contributed by atoms with Crippen LogP contribution in [0, 0.1) is 5.82 Å². The van der Waals surface area contributed by atoms with Crippen molar-refractivity contribution < 1.29 is 19.1 Å². The fourth-order valence-electron chi connectivity index (χ4n) is 1.01. The van der Waals surface area contributed by atoms with Gasteiger partial charge in [0, 0.05) is 4.47 Å². The summed E-state index contributed by atoms with van der Waals surface area (Å²) in [6.45, 7) is 0. The number of halogens is 2. The number of hydrogen-bond donors (Lipinski definition) is 2. The number of aliphatic carboxylic acids is 1. The molecule has 16 heavy (non-hydrogen) atoms. The Kier molecular flexibility index (Phi) is 3.73. The predicted octanol–water partition coefficient (Wildman–Crippen LogP) is 1.17. The molecule has 0 atom stereocenters. The Morgan fingerprint density at radius 1 is 1.44 bits per heavy atom. The van der Waals surface area contributed by atoms with Crippen molar-refractivity contribution >= 4 is 33.4 Å². The van der Waals surface area contributed by atoms with Gasteiger partial charge in [0.15, 0.2) is 0 Å². The van der Waals surface area contributed by atoms with Crippen molar-refractivity contribution in [1.29, 1.82) is 0 Å². The quantitative estimate of drug-likeness (QED) is 0.287. The van der Waals surface area contributed by atoms with Gasteiger partial charge in [0.2, 0.25) is 11.5 Å². The minimum atomic E-state index is -1.60. The summed E-state index contributed by atoms with van der Waals surface area (Å²) >= 11 is 3.04. The van der Waals surface area contributed by atoms with Crippen molar-refractivity contribution in [3.8, 4) is 0 Å². The molecule has 0 aliphatic heterocycles. The Hall–Kier alpha value is -1.76. The number of carbonyl (C=O) groups is 2. The van der Waals surface area contributed by atoms with Crippen LogP contribution < -0.4 is 5.84 Å². The van der Waals surface area contributed by atoms with Gasteiger partial charge >= 0.3 is 5.97 Å². The van der Waals surface area contributed by atoms with E-state index in [1.54, 1.807) is 0 Å². The molecule has 0 bridgehead atoms. The Balaban J connectivity index is 3.24. The number of benzene rings is 1. The maximum Gasteiger partial charge on any atom is 0.360 e. The van der Waals surface area contributed by atoms with E-state index in [1.807, 2.05) is 0 Å². The van der Waals surface area contributed by atoms with Crippen molar-refractivity contribution in [3.63, 3.8) is 0 Å². The third-order valence-corrected chi connectivity index (χ3v) is 2.21. The van der Waals surface area contributed by atoms with Crippen LogP contribution in [0.15, 0.2) is 27.8 Å². The van der Waals surface area contributed by atoms with E-state index in [1.165, 1.54) is 6.07 Å². The van der Waals surface area contributed by atoms with Gasteiger partial charge in [0.1, 0.15) is 5.82 Å². The smallest absolute Gasteiger partial charge is 0.360 e. The molecule has 5 nitrogen and oxygen atoms in total. The van der Waals surface area contributed by atoms with Crippen LogP contribution in [0.3, 0.4) is 0 Å². The van der Waals surface area contributed by atoms with Gasteiger partial charge in [-0.3, -0.25) is 4.79 Å². The monoisotopic (exact) mass is 288 g/mol. The maximum absolute atomic E-state index is 13.2. The second-order valence-corrected chi connectivity index (χ2v) is 3.65. The van der Waals surface area contributed by atoms with E-state index in [4.69, 9.17) is 10.9 Å². The van der Waals surface area contributed by atoms with Gasteiger partial charge in [0.05, 0.1) is 5.56 Å². The van der Waals surface area contributed by atoms with E-state index in [0.717, 1.165) is 12.1 Å². The molecule has 0 amide bonds. The average molecular weight is 289 g/mol. The highest BCUT2D eigenvalue weighted by molar-refractivity contribution is 9.10. The highest BCUT2D eigenvalue weighted by atomic mass is 79.9. The van der Waals surface area contributed by atoms with Gasteiger partial charge in [-0.25, -0.2) is 9.18 Å². The van der Waals surface area contributed by atoms with Crippen LogP contribution in [0.4, 0.5) is 4.39 Å². The van der Waals surface area contributed by atoms with E-state index in [2.05, 4.69) is 21.0 Å². The summed E-state index contributed by atoms with van der Waals surface area (Å²) in [6, 6.07) is 3.57. The van der Waals surface area contributed by atoms with Crippen molar-refractivity contribution in [2.24, 2.45) is 10.9 Å². The largest absolute Gasteiger partial charge is 0.476 e. The first-order valence-electron chi connectivity index (χ1n) is 3.98. The first-order chi connectivity index (χ1) is 7.47. The summed E-state index contributed by atoms with van der Waals surface area (Å²) in [7, 11) is 0. The Morgan fingerprint density at radius 2 is 2.06 bits per heavy atom.